The van der Waals surface area contributed by atoms with E-state index in [9.17, 15) is 8.78 Å². The van der Waals surface area contributed by atoms with Crippen LogP contribution in [0, 0.1) is 11.6 Å². The lowest BCUT2D eigenvalue weighted by atomic mass is 10.2. The number of anilines is 1. The zero-order valence-electron chi connectivity index (χ0n) is 9.29. The Balaban J connectivity index is 2.13. The molecule has 0 aliphatic rings. The van der Waals surface area contributed by atoms with Crippen LogP contribution < -0.4 is 10.5 Å². The van der Waals surface area contributed by atoms with Crippen molar-refractivity contribution in [3.63, 3.8) is 0 Å². The van der Waals surface area contributed by atoms with Gasteiger partial charge in [-0.3, -0.25) is 0 Å². The topological polar surface area (TPSA) is 35.2 Å². The Morgan fingerprint density at radius 2 is 1.89 bits per heavy atom. The van der Waals surface area contributed by atoms with Crippen LogP contribution in [0.1, 0.15) is 5.56 Å². The van der Waals surface area contributed by atoms with Crippen molar-refractivity contribution >= 4 is 17.3 Å². The van der Waals surface area contributed by atoms with Gasteiger partial charge in [0.2, 0.25) is 0 Å². The third kappa shape index (κ3) is 2.90. The largest absolute Gasteiger partial charge is 0.487 e. The Hall–Kier alpha value is -1.81. The van der Waals surface area contributed by atoms with Gasteiger partial charge < -0.3 is 10.5 Å². The number of hydrogen-bond donors (Lipinski definition) is 1. The fraction of sp³-hybridized carbons (Fsp3) is 0.0769. The van der Waals surface area contributed by atoms with Gasteiger partial charge in [0.25, 0.3) is 0 Å². The van der Waals surface area contributed by atoms with Crippen molar-refractivity contribution in [1.29, 1.82) is 0 Å². The van der Waals surface area contributed by atoms with Crippen LogP contribution in [-0.4, -0.2) is 0 Å². The van der Waals surface area contributed by atoms with Crippen molar-refractivity contribution in [2.24, 2.45) is 0 Å². The molecule has 2 rings (SSSR count). The number of benzene rings is 2. The molecule has 0 unspecified atom stereocenters. The van der Waals surface area contributed by atoms with Gasteiger partial charge in [0.15, 0.2) is 0 Å². The maximum absolute atomic E-state index is 13.3. The van der Waals surface area contributed by atoms with Crippen LogP contribution in [0.25, 0.3) is 0 Å². The van der Waals surface area contributed by atoms with Crippen molar-refractivity contribution < 1.29 is 13.5 Å². The molecule has 0 amide bonds. The summed E-state index contributed by atoms with van der Waals surface area (Å²) in [5, 5.41) is 0.326. The van der Waals surface area contributed by atoms with Crippen LogP contribution in [0.5, 0.6) is 5.75 Å². The molecule has 0 saturated carbocycles. The smallest absolute Gasteiger partial charge is 0.138 e. The average molecular weight is 270 g/mol. The number of nitrogens with two attached hydrogens (primary N) is 1. The van der Waals surface area contributed by atoms with Crippen LogP contribution in [0.2, 0.25) is 5.02 Å². The van der Waals surface area contributed by atoms with E-state index in [1.807, 2.05) is 0 Å². The van der Waals surface area contributed by atoms with Gasteiger partial charge in [-0.1, -0.05) is 11.6 Å². The maximum Gasteiger partial charge on any atom is 0.138 e. The predicted octanol–water partition coefficient (Wildman–Crippen LogP) is 3.78. The summed E-state index contributed by atoms with van der Waals surface area (Å²) < 4.78 is 31.6. The molecule has 0 spiro atoms. The van der Waals surface area contributed by atoms with Crippen molar-refractivity contribution in [3.8, 4) is 5.75 Å². The monoisotopic (exact) mass is 269 g/mol. The lowest BCUT2D eigenvalue weighted by Gasteiger charge is -2.09. The van der Waals surface area contributed by atoms with Gasteiger partial charge in [-0.2, -0.15) is 0 Å². The summed E-state index contributed by atoms with van der Waals surface area (Å²) in [6.45, 7) is -0.104. The van der Waals surface area contributed by atoms with E-state index >= 15 is 0 Å². The van der Waals surface area contributed by atoms with Gasteiger partial charge in [-0.15, -0.1) is 0 Å². The number of halogens is 3. The molecule has 0 atom stereocenters. The maximum atomic E-state index is 13.3. The third-order valence-electron chi connectivity index (χ3n) is 2.35. The van der Waals surface area contributed by atoms with Crippen LogP contribution in [-0.2, 0) is 6.61 Å². The highest BCUT2D eigenvalue weighted by Gasteiger charge is 2.07. The van der Waals surface area contributed by atoms with E-state index in [1.165, 1.54) is 6.07 Å². The summed E-state index contributed by atoms with van der Waals surface area (Å²) >= 11 is 5.89. The highest BCUT2D eigenvalue weighted by atomic mass is 35.5. The first-order valence-corrected chi connectivity index (χ1v) is 5.56. The van der Waals surface area contributed by atoms with Gasteiger partial charge in [0.1, 0.15) is 24.0 Å². The molecular weight excluding hydrogens is 260 g/mol. The zero-order chi connectivity index (χ0) is 13.1. The molecule has 0 radical (unpaired) electrons. The Bertz CT molecular complexity index is 575. The molecule has 2 N–H and O–H groups in total. The molecule has 0 fully saturated rings. The first kappa shape index (κ1) is 12.6. The normalized spacial score (nSPS) is 10.4. The molecule has 0 heterocycles. The van der Waals surface area contributed by atoms with Crippen molar-refractivity contribution in [2.45, 2.75) is 6.61 Å². The van der Waals surface area contributed by atoms with Crippen LogP contribution in [0.15, 0.2) is 36.4 Å². The molecule has 0 aromatic heterocycles. The van der Waals surface area contributed by atoms with Gasteiger partial charge in [-0.05, 0) is 36.4 Å². The zero-order valence-corrected chi connectivity index (χ0v) is 10.0. The number of rotatable bonds is 3. The van der Waals surface area contributed by atoms with Crippen LogP contribution >= 0.6 is 11.6 Å². The molecule has 2 nitrogen and oxygen atoms in total. The van der Waals surface area contributed by atoms with Gasteiger partial charge in [0, 0.05) is 11.3 Å². The Kier molecular flexibility index (Phi) is 3.67. The van der Waals surface area contributed by atoms with E-state index < -0.39 is 11.6 Å². The number of ether oxygens (including phenoxy) is 1. The molecule has 18 heavy (non-hydrogen) atoms. The molecule has 94 valence electrons. The first-order chi connectivity index (χ1) is 8.56. The molecule has 0 bridgehead atoms. The summed E-state index contributed by atoms with van der Waals surface area (Å²) in [7, 11) is 0. The van der Waals surface area contributed by atoms with E-state index in [4.69, 9.17) is 22.1 Å². The summed E-state index contributed by atoms with van der Waals surface area (Å²) in [4.78, 5) is 0. The fourth-order valence-electron chi connectivity index (χ4n) is 1.44. The Labute approximate surface area is 108 Å². The van der Waals surface area contributed by atoms with Crippen LogP contribution in [0.4, 0.5) is 14.5 Å². The summed E-state index contributed by atoms with van der Waals surface area (Å²) in [5.74, 6) is -0.670. The average Bonchev–Trinajstić information content (AvgIpc) is 2.32. The second kappa shape index (κ2) is 5.23. The molecule has 0 saturated heterocycles. The van der Waals surface area contributed by atoms with Gasteiger partial charge in [-0.25, -0.2) is 8.78 Å². The summed E-state index contributed by atoms with van der Waals surface area (Å²) in [6, 6.07) is 7.91. The highest BCUT2D eigenvalue weighted by molar-refractivity contribution is 6.32. The SMILES string of the molecule is Nc1ccc(OCc2cc(F)ccc2F)c(Cl)c1. The predicted molar refractivity (Wildman–Crippen MR) is 66.6 cm³/mol. The minimum Gasteiger partial charge on any atom is -0.487 e. The minimum absolute atomic E-state index is 0.104. The molecular formula is C13H10ClF2NO. The molecule has 2 aromatic carbocycles. The quantitative estimate of drug-likeness (QED) is 0.861. The Morgan fingerprint density at radius 3 is 2.61 bits per heavy atom. The van der Waals surface area contributed by atoms with E-state index in [1.54, 1.807) is 12.1 Å². The van der Waals surface area contributed by atoms with Crippen LogP contribution in [0.3, 0.4) is 0 Å². The lowest BCUT2D eigenvalue weighted by molar-refractivity contribution is 0.299. The second-order valence-corrected chi connectivity index (χ2v) is 4.12. The summed E-state index contributed by atoms with van der Waals surface area (Å²) in [6.07, 6.45) is 0. The standard InChI is InChI=1S/C13H10ClF2NO/c14-11-6-10(17)2-4-13(11)18-7-8-5-9(15)1-3-12(8)16/h1-6H,7,17H2. The number of hydrogen-bond acceptors (Lipinski definition) is 2. The van der Waals surface area contributed by atoms with E-state index in [0.717, 1.165) is 18.2 Å². The van der Waals surface area contributed by atoms with Crippen molar-refractivity contribution in [3.05, 3.63) is 58.6 Å². The third-order valence-corrected chi connectivity index (χ3v) is 2.64. The minimum atomic E-state index is -0.525. The summed E-state index contributed by atoms with van der Waals surface area (Å²) in [5.41, 5.74) is 6.16. The highest BCUT2D eigenvalue weighted by Crippen LogP contribution is 2.27. The first-order valence-electron chi connectivity index (χ1n) is 5.18. The Morgan fingerprint density at radius 1 is 1.11 bits per heavy atom. The molecule has 2 aromatic rings. The number of nitrogen functional groups attached to an aromatic ring is 1. The van der Waals surface area contributed by atoms with Gasteiger partial charge in [0.05, 0.1) is 5.02 Å². The van der Waals surface area contributed by atoms with Crippen molar-refractivity contribution in [1.82, 2.24) is 0 Å². The van der Waals surface area contributed by atoms with Gasteiger partial charge >= 0.3 is 0 Å². The lowest BCUT2D eigenvalue weighted by Crippen LogP contribution is -2.00. The fourth-order valence-corrected chi connectivity index (χ4v) is 1.69. The molecule has 0 aliphatic heterocycles. The second-order valence-electron chi connectivity index (χ2n) is 3.71. The van der Waals surface area contributed by atoms with E-state index in [0.29, 0.717) is 16.5 Å². The van der Waals surface area contributed by atoms with E-state index in [-0.39, 0.29) is 12.2 Å². The van der Waals surface area contributed by atoms with Crippen molar-refractivity contribution in [2.75, 3.05) is 5.73 Å². The molecule has 5 heteroatoms. The molecule has 0 aliphatic carbocycles. The van der Waals surface area contributed by atoms with E-state index in [2.05, 4.69) is 0 Å².